The second-order valence-electron chi connectivity index (χ2n) is 4.36. The molecule has 18 heavy (non-hydrogen) atoms. The summed E-state index contributed by atoms with van der Waals surface area (Å²) in [6, 6.07) is 11.1. The zero-order valence-electron chi connectivity index (χ0n) is 10.8. The van der Waals surface area contributed by atoms with E-state index in [9.17, 15) is 10.2 Å². The lowest BCUT2D eigenvalue weighted by Crippen LogP contribution is -1.90. The Balaban J connectivity index is 2.64. The van der Waals surface area contributed by atoms with Crippen LogP contribution in [0.3, 0.4) is 0 Å². The molecule has 0 saturated heterocycles. The second-order valence-corrected chi connectivity index (χ2v) is 4.36. The van der Waals surface area contributed by atoms with E-state index in [2.05, 4.69) is 6.92 Å². The molecule has 0 heterocycles. The molecule has 0 atom stereocenters. The molecule has 0 aliphatic heterocycles. The molecule has 0 spiro atoms. The van der Waals surface area contributed by atoms with Crippen molar-refractivity contribution in [3.63, 3.8) is 0 Å². The van der Waals surface area contributed by atoms with Crippen LogP contribution in [0.15, 0.2) is 36.4 Å². The average molecular weight is 242 g/mol. The predicted octanol–water partition coefficient (Wildman–Crippen LogP) is 3.89. The third kappa shape index (κ3) is 2.19. The van der Waals surface area contributed by atoms with Crippen LogP contribution >= 0.6 is 0 Å². The zero-order chi connectivity index (χ0) is 13.1. The van der Waals surface area contributed by atoms with Crippen molar-refractivity contribution in [3.8, 4) is 22.6 Å². The maximum absolute atomic E-state index is 10.0. The summed E-state index contributed by atoms with van der Waals surface area (Å²) < 4.78 is 0. The van der Waals surface area contributed by atoms with Gasteiger partial charge in [0.05, 0.1) is 0 Å². The number of aromatic hydroxyl groups is 2. The molecule has 0 saturated carbocycles. The van der Waals surface area contributed by atoms with Gasteiger partial charge in [-0.25, -0.2) is 0 Å². The van der Waals surface area contributed by atoms with Crippen molar-refractivity contribution < 1.29 is 10.2 Å². The Hall–Kier alpha value is -1.96. The quantitative estimate of drug-likeness (QED) is 0.857. The van der Waals surface area contributed by atoms with Crippen molar-refractivity contribution in [2.75, 3.05) is 0 Å². The van der Waals surface area contributed by atoms with E-state index in [1.54, 1.807) is 12.1 Å². The summed E-state index contributed by atoms with van der Waals surface area (Å²) in [6.07, 6.45) is 1.66. The van der Waals surface area contributed by atoms with Gasteiger partial charge in [-0.15, -0.1) is 0 Å². The number of benzene rings is 2. The van der Waals surface area contributed by atoms with Crippen molar-refractivity contribution in [3.05, 3.63) is 47.5 Å². The largest absolute Gasteiger partial charge is 0.508 e. The molecular formula is C16H18O2. The van der Waals surface area contributed by atoms with Gasteiger partial charge in [-0.3, -0.25) is 0 Å². The molecule has 2 N–H and O–H groups in total. The summed E-state index contributed by atoms with van der Waals surface area (Å²) in [7, 11) is 0. The molecule has 94 valence electrons. The molecule has 2 rings (SSSR count). The van der Waals surface area contributed by atoms with Crippen molar-refractivity contribution in [1.29, 1.82) is 0 Å². The van der Waals surface area contributed by atoms with Crippen molar-refractivity contribution in [2.45, 2.75) is 26.7 Å². The van der Waals surface area contributed by atoms with Gasteiger partial charge in [0.2, 0.25) is 0 Å². The van der Waals surface area contributed by atoms with Gasteiger partial charge in [0.1, 0.15) is 11.5 Å². The minimum atomic E-state index is 0.257. The van der Waals surface area contributed by atoms with Crippen molar-refractivity contribution in [1.82, 2.24) is 0 Å². The molecule has 0 aromatic heterocycles. The minimum absolute atomic E-state index is 0.257. The second kappa shape index (κ2) is 5.13. The molecule has 2 aromatic rings. The van der Waals surface area contributed by atoms with E-state index in [1.165, 1.54) is 5.56 Å². The summed E-state index contributed by atoms with van der Waals surface area (Å²) in [5, 5.41) is 19.9. The van der Waals surface area contributed by atoms with Gasteiger partial charge < -0.3 is 10.2 Å². The first-order chi connectivity index (χ1) is 8.67. The Bertz CT molecular complexity index is 559. The molecule has 0 aliphatic rings. The van der Waals surface area contributed by atoms with Crippen LogP contribution in [-0.2, 0) is 12.8 Å². The molecule has 2 heteroatoms. The smallest absolute Gasteiger partial charge is 0.123 e. The van der Waals surface area contributed by atoms with Crippen LogP contribution in [-0.4, -0.2) is 10.2 Å². The monoisotopic (exact) mass is 242 g/mol. The Labute approximate surface area is 108 Å². The van der Waals surface area contributed by atoms with Gasteiger partial charge in [-0.1, -0.05) is 32.0 Å². The molecule has 0 aliphatic carbocycles. The van der Waals surface area contributed by atoms with E-state index < -0.39 is 0 Å². The SMILES string of the molecule is CCc1ccc(O)c(-c2cccc(O)c2CC)c1. The summed E-state index contributed by atoms with van der Waals surface area (Å²) in [4.78, 5) is 0. The lowest BCUT2D eigenvalue weighted by Gasteiger charge is -2.12. The molecule has 0 amide bonds. The number of phenolic OH excluding ortho intramolecular Hbond substituents is 2. The molecule has 0 unspecified atom stereocenters. The predicted molar refractivity (Wildman–Crippen MR) is 74.0 cm³/mol. The van der Waals surface area contributed by atoms with Gasteiger partial charge in [0.25, 0.3) is 0 Å². The average Bonchev–Trinajstić information content (AvgIpc) is 2.39. The van der Waals surface area contributed by atoms with Crippen LogP contribution in [0.25, 0.3) is 11.1 Å². The summed E-state index contributed by atoms with van der Waals surface area (Å²) in [5.74, 6) is 0.545. The van der Waals surface area contributed by atoms with Crippen LogP contribution in [0, 0.1) is 0 Å². The van der Waals surface area contributed by atoms with Gasteiger partial charge in [-0.2, -0.15) is 0 Å². The van der Waals surface area contributed by atoms with E-state index in [4.69, 9.17) is 0 Å². The van der Waals surface area contributed by atoms with E-state index in [0.717, 1.165) is 29.5 Å². The van der Waals surface area contributed by atoms with Gasteiger partial charge in [0.15, 0.2) is 0 Å². The highest BCUT2D eigenvalue weighted by atomic mass is 16.3. The maximum atomic E-state index is 10.0. The Morgan fingerprint density at radius 1 is 0.833 bits per heavy atom. The maximum Gasteiger partial charge on any atom is 0.123 e. The lowest BCUT2D eigenvalue weighted by molar-refractivity contribution is 0.468. The van der Waals surface area contributed by atoms with Gasteiger partial charge >= 0.3 is 0 Å². The highest BCUT2D eigenvalue weighted by Crippen LogP contribution is 2.36. The highest BCUT2D eigenvalue weighted by molar-refractivity contribution is 5.75. The fourth-order valence-corrected chi connectivity index (χ4v) is 2.22. The third-order valence-electron chi connectivity index (χ3n) is 3.26. The van der Waals surface area contributed by atoms with Crippen LogP contribution in [0.5, 0.6) is 11.5 Å². The molecule has 0 fully saturated rings. The third-order valence-corrected chi connectivity index (χ3v) is 3.26. The van der Waals surface area contributed by atoms with Gasteiger partial charge in [0, 0.05) is 11.1 Å². The number of hydrogen-bond acceptors (Lipinski definition) is 2. The van der Waals surface area contributed by atoms with Crippen LogP contribution in [0.2, 0.25) is 0 Å². The fourth-order valence-electron chi connectivity index (χ4n) is 2.22. The normalized spacial score (nSPS) is 10.6. The standard InChI is InChI=1S/C16H18O2/c1-3-11-8-9-16(18)14(10-11)13-6-5-7-15(17)12(13)4-2/h5-10,17-18H,3-4H2,1-2H3. The van der Waals surface area contributed by atoms with Crippen molar-refractivity contribution in [2.24, 2.45) is 0 Å². The van der Waals surface area contributed by atoms with E-state index in [-0.39, 0.29) is 11.5 Å². The van der Waals surface area contributed by atoms with Crippen LogP contribution < -0.4 is 0 Å². The Kier molecular flexibility index (Phi) is 3.56. The van der Waals surface area contributed by atoms with Crippen LogP contribution in [0.1, 0.15) is 25.0 Å². The van der Waals surface area contributed by atoms with E-state index >= 15 is 0 Å². The number of rotatable bonds is 3. The van der Waals surface area contributed by atoms with Crippen molar-refractivity contribution >= 4 is 0 Å². The molecule has 0 radical (unpaired) electrons. The number of phenols is 2. The minimum Gasteiger partial charge on any atom is -0.508 e. The van der Waals surface area contributed by atoms with Gasteiger partial charge in [-0.05, 0) is 42.2 Å². The molecule has 2 aromatic carbocycles. The molecule has 0 bridgehead atoms. The fraction of sp³-hybridized carbons (Fsp3) is 0.250. The van der Waals surface area contributed by atoms with E-state index in [1.807, 2.05) is 31.2 Å². The summed E-state index contributed by atoms with van der Waals surface area (Å²) >= 11 is 0. The Morgan fingerprint density at radius 2 is 1.61 bits per heavy atom. The molecular weight excluding hydrogens is 224 g/mol. The Morgan fingerprint density at radius 3 is 2.28 bits per heavy atom. The first-order valence-corrected chi connectivity index (χ1v) is 6.30. The highest BCUT2D eigenvalue weighted by Gasteiger charge is 2.11. The summed E-state index contributed by atoms with van der Waals surface area (Å²) in [5.41, 5.74) is 3.75. The topological polar surface area (TPSA) is 40.5 Å². The number of hydrogen-bond donors (Lipinski definition) is 2. The lowest BCUT2D eigenvalue weighted by atomic mass is 9.95. The molecule has 2 nitrogen and oxygen atoms in total. The van der Waals surface area contributed by atoms with E-state index in [0.29, 0.717) is 0 Å². The van der Waals surface area contributed by atoms with Crippen LogP contribution in [0.4, 0.5) is 0 Å². The first kappa shape index (κ1) is 12.5. The first-order valence-electron chi connectivity index (χ1n) is 6.30. The summed E-state index contributed by atoms with van der Waals surface area (Å²) in [6.45, 7) is 4.08. The zero-order valence-corrected chi connectivity index (χ0v) is 10.8. The number of aryl methyl sites for hydroxylation is 1.